The van der Waals surface area contributed by atoms with Gasteiger partial charge in [-0.25, -0.2) is 8.78 Å². The van der Waals surface area contributed by atoms with Crippen LogP contribution in [-0.4, -0.2) is 9.91 Å². The van der Waals surface area contributed by atoms with Crippen LogP contribution in [0.25, 0.3) is 0 Å². The van der Waals surface area contributed by atoms with Crippen LogP contribution in [0, 0.1) is 17.0 Å². The Bertz CT molecular complexity index is 396. The zero-order valence-electron chi connectivity index (χ0n) is 7.91. The molecule has 0 amide bonds. The van der Waals surface area contributed by atoms with E-state index in [0.717, 1.165) is 0 Å². The molecular formula is C8H9F2N3O2. The van der Waals surface area contributed by atoms with E-state index in [-0.39, 0.29) is 12.1 Å². The highest BCUT2D eigenvalue weighted by Gasteiger charge is 2.27. The van der Waals surface area contributed by atoms with E-state index in [0.29, 0.717) is 5.69 Å². The molecule has 0 aliphatic carbocycles. The first-order valence-electron chi connectivity index (χ1n) is 4.10. The van der Waals surface area contributed by atoms with E-state index in [4.69, 9.17) is 5.73 Å². The van der Waals surface area contributed by atoms with E-state index in [1.165, 1.54) is 13.0 Å². The van der Waals surface area contributed by atoms with Gasteiger partial charge in [-0.3, -0.25) is 0 Å². The predicted molar refractivity (Wildman–Crippen MR) is 48.5 cm³/mol. The monoisotopic (exact) mass is 217 g/mol. The molecule has 0 aliphatic rings. The standard InChI is InChI=1S/C8H9F2N3O2/c1-4-2-5(3-11)6(7(9)10)8(12-4)13(14)15/h2,7H,3,11H2,1H3. The molecule has 1 rings (SSSR count). The normalized spacial score (nSPS) is 10.7. The number of pyridine rings is 1. The van der Waals surface area contributed by atoms with E-state index >= 15 is 0 Å². The molecule has 1 heterocycles. The van der Waals surface area contributed by atoms with Crippen molar-refractivity contribution in [3.63, 3.8) is 0 Å². The molecule has 82 valence electrons. The van der Waals surface area contributed by atoms with Gasteiger partial charge in [0, 0.05) is 13.5 Å². The smallest absolute Gasteiger partial charge is 0.358 e. The Hall–Kier alpha value is -1.63. The van der Waals surface area contributed by atoms with Crippen LogP contribution in [0.5, 0.6) is 0 Å². The largest absolute Gasteiger partial charge is 0.372 e. The fourth-order valence-electron chi connectivity index (χ4n) is 1.28. The zero-order chi connectivity index (χ0) is 11.6. The Balaban J connectivity index is 3.47. The first-order chi connectivity index (χ1) is 6.97. The molecule has 5 nitrogen and oxygen atoms in total. The van der Waals surface area contributed by atoms with Gasteiger partial charge < -0.3 is 15.8 Å². The quantitative estimate of drug-likeness (QED) is 0.617. The number of nitro groups is 1. The second kappa shape index (κ2) is 4.26. The molecule has 0 saturated carbocycles. The van der Waals surface area contributed by atoms with Crippen molar-refractivity contribution >= 4 is 5.82 Å². The van der Waals surface area contributed by atoms with Gasteiger partial charge in [-0.2, -0.15) is 0 Å². The number of nitrogens with zero attached hydrogens (tertiary/aromatic N) is 2. The molecule has 1 aromatic heterocycles. The first kappa shape index (κ1) is 11.4. The summed E-state index contributed by atoms with van der Waals surface area (Å²) in [5, 5.41) is 10.5. The molecular weight excluding hydrogens is 208 g/mol. The molecule has 0 aliphatic heterocycles. The van der Waals surface area contributed by atoms with Crippen LogP contribution in [0.15, 0.2) is 6.07 Å². The second-order valence-electron chi connectivity index (χ2n) is 2.92. The topological polar surface area (TPSA) is 82.0 Å². The van der Waals surface area contributed by atoms with E-state index in [1.807, 2.05) is 0 Å². The van der Waals surface area contributed by atoms with Crippen molar-refractivity contribution in [2.24, 2.45) is 5.73 Å². The summed E-state index contributed by atoms with van der Waals surface area (Å²) < 4.78 is 25.1. The first-order valence-corrected chi connectivity index (χ1v) is 4.10. The van der Waals surface area contributed by atoms with Gasteiger partial charge >= 0.3 is 5.82 Å². The summed E-state index contributed by atoms with van der Waals surface area (Å²) in [7, 11) is 0. The molecule has 15 heavy (non-hydrogen) atoms. The summed E-state index contributed by atoms with van der Waals surface area (Å²) in [6.07, 6.45) is -2.95. The lowest BCUT2D eigenvalue weighted by atomic mass is 10.1. The molecule has 0 saturated heterocycles. The SMILES string of the molecule is Cc1cc(CN)c(C(F)F)c([N+](=O)[O-])n1. The van der Waals surface area contributed by atoms with E-state index in [9.17, 15) is 18.9 Å². The summed E-state index contributed by atoms with van der Waals surface area (Å²) in [5.41, 5.74) is 4.91. The van der Waals surface area contributed by atoms with Crippen molar-refractivity contribution < 1.29 is 13.7 Å². The highest BCUT2D eigenvalue weighted by Crippen LogP contribution is 2.30. The average Bonchev–Trinajstić information content (AvgIpc) is 2.15. The number of rotatable bonds is 3. The van der Waals surface area contributed by atoms with Crippen LogP contribution < -0.4 is 5.73 Å². The Morgan fingerprint density at radius 2 is 2.27 bits per heavy atom. The molecule has 0 fully saturated rings. The fourth-order valence-corrected chi connectivity index (χ4v) is 1.28. The van der Waals surface area contributed by atoms with Gasteiger partial charge in [0.1, 0.15) is 11.3 Å². The molecule has 0 bridgehead atoms. The maximum Gasteiger partial charge on any atom is 0.372 e. The molecule has 0 atom stereocenters. The molecule has 0 unspecified atom stereocenters. The summed E-state index contributed by atoms with van der Waals surface area (Å²) in [6.45, 7) is 1.31. The summed E-state index contributed by atoms with van der Waals surface area (Å²) >= 11 is 0. The van der Waals surface area contributed by atoms with Gasteiger partial charge in [0.05, 0.1) is 0 Å². The number of aryl methyl sites for hydroxylation is 1. The molecule has 1 aromatic rings. The van der Waals surface area contributed by atoms with Gasteiger partial charge in [0.25, 0.3) is 6.43 Å². The van der Waals surface area contributed by atoms with Crippen LogP contribution >= 0.6 is 0 Å². The summed E-state index contributed by atoms with van der Waals surface area (Å²) in [6, 6.07) is 1.33. The molecule has 2 N–H and O–H groups in total. The lowest BCUT2D eigenvalue weighted by molar-refractivity contribution is -0.391. The lowest BCUT2D eigenvalue weighted by Gasteiger charge is -2.07. The van der Waals surface area contributed by atoms with Crippen molar-refractivity contribution in [1.82, 2.24) is 4.98 Å². The Labute approximate surface area is 84.1 Å². The van der Waals surface area contributed by atoms with Gasteiger partial charge in [-0.1, -0.05) is 0 Å². The van der Waals surface area contributed by atoms with Crippen molar-refractivity contribution in [3.05, 3.63) is 33.0 Å². The van der Waals surface area contributed by atoms with Gasteiger partial charge in [-0.15, -0.1) is 0 Å². The highest BCUT2D eigenvalue weighted by molar-refractivity contribution is 5.42. The van der Waals surface area contributed by atoms with Crippen molar-refractivity contribution in [2.75, 3.05) is 0 Å². The molecule has 7 heteroatoms. The highest BCUT2D eigenvalue weighted by atomic mass is 19.3. The van der Waals surface area contributed by atoms with Gasteiger partial charge in [0.15, 0.2) is 0 Å². The number of halogens is 2. The minimum absolute atomic E-state index is 0.0594. The Morgan fingerprint density at radius 1 is 1.67 bits per heavy atom. The Kier molecular flexibility index (Phi) is 3.25. The van der Waals surface area contributed by atoms with Crippen LogP contribution in [-0.2, 0) is 6.54 Å². The molecule has 0 radical (unpaired) electrons. The third-order valence-electron chi connectivity index (χ3n) is 1.86. The minimum Gasteiger partial charge on any atom is -0.358 e. The molecule has 0 aromatic carbocycles. The second-order valence-corrected chi connectivity index (χ2v) is 2.92. The van der Waals surface area contributed by atoms with Crippen LogP contribution in [0.1, 0.15) is 23.2 Å². The van der Waals surface area contributed by atoms with Crippen molar-refractivity contribution in [2.45, 2.75) is 19.9 Å². The number of nitrogens with two attached hydrogens (primary N) is 1. The number of hydrogen-bond donors (Lipinski definition) is 1. The fraction of sp³-hybridized carbons (Fsp3) is 0.375. The maximum atomic E-state index is 12.6. The number of alkyl halides is 2. The molecule has 0 spiro atoms. The summed E-state index contributed by atoms with van der Waals surface area (Å²) in [5.74, 6) is -0.814. The van der Waals surface area contributed by atoms with Crippen molar-refractivity contribution in [3.8, 4) is 0 Å². The third kappa shape index (κ3) is 2.24. The predicted octanol–water partition coefficient (Wildman–Crippen LogP) is 1.69. The van der Waals surface area contributed by atoms with E-state index < -0.39 is 22.7 Å². The van der Waals surface area contributed by atoms with Crippen molar-refractivity contribution in [1.29, 1.82) is 0 Å². The lowest BCUT2D eigenvalue weighted by Crippen LogP contribution is -2.08. The van der Waals surface area contributed by atoms with Gasteiger partial charge in [-0.05, 0) is 21.5 Å². The summed E-state index contributed by atoms with van der Waals surface area (Å²) in [4.78, 5) is 13.1. The zero-order valence-corrected chi connectivity index (χ0v) is 7.91. The maximum absolute atomic E-state index is 12.6. The average molecular weight is 217 g/mol. The Morgan fingerprint density at radius 3 is 2.67 bits per heavy atom. The van der Waals surface area contributed by atoms with Crippen LogP contribution in [0.2, 0.25) is 0 Å². The third-order valence-corrected chi connectivity index (χ3v) is 1.86. The van der Waals surface area contributed by atoms with E-state index in [1.54, 1.807) is 0 Å². The number of hydrogen-bond acceptors (Lipinski definition) is 4. The van der Waals surface area contributed by atoms with Gasteiger partial charge in [0.2, 0.25) is 0 Å². The van der Waals surface area contributed by atoms with E-state index in [2.05, 4.69) is 4.98 Å². The minimum atomic E-state index is -2.95. The van der Waals surface area contributed by atoms with Crippen LogP contribution in [0.3, 0.4) is 0 Å². The number of aromatic nitrogens is 1. The van der Waals surface area contributed by atoms with Crippen LogP contribution in [0.4, 0.5) is 14.6 Å².